The van der Waals surface area contributed by atoms with E-state index in [9.17, 15) is 9.59 Å². The maximum atomic E-state index is 12.3. The maximum Gasteiger partial charge on any atom is 0.262 e. The molecule has 0 aromatic heterocycles. The molecular formula is C22H19ClN2O3. The van der Waals surface area contributed by atoms with Crippen LogP contribution in [0.3, 0.4) is 0 Å². The molecule has 0 spiro atoms. The Balaban J connectivity index is 1.51. The molecule has 0 unspecified atom stereocenters. The van der Waals surface area contributed by atoms with Gasteiger partial charge in [0.2, 0.25) is 0 Å². The van der Waals surface area contributed by atoms with Crippen LogP contribution in [-0.4, -0.2) is 18.4 Å². The Morgan fingerprint density at radius 1 is 0.893 bits per heavy atom. The first-order valence-corrected chi connectivity index (χ1v) is 9.04. The van der Waals surface area contributed by atoms with Crippen LogP contribution >= 0.6 is 11.6 Å². The molecule has 0 saturated carbocycles. The van der Waals surface area contributed by atoms with Crippen molar-refractivity contribution in [1.29, 1.82) is 0 Å². The van der Waals surface area contributed by atoms with E-state index in [0.717, 1.165) is 5.56 Å². The van der Waals surface area contributed by atoms with Crippen LogP contribution in [0.2, 0.25) is 5.02 Å². The van der Waals surface area contributed by atoms with E-state index in [0.29, 0.717) is 27.7 Å². The van der Waals surface area contributed by atoms with Gasteiger partial charge in [-0.25, -0.2) is 0 Å². The summed E-state index contributed by atoms with van der Waals surface area (Å²) in [6.45, 7) is 1.82. The van der Waals surface area contributed by atoms with Crippen LogP contribution in [0.4, 0.5) is 11.4 Å². The molecule has 0 aliphatic rings. The van der Waals surface area contributed by atoms with E-state index in [1.54, 1.807) is 54.6 Å². The standard InChI is InChI=1S/C22H19ClN2O3/c1-15-3-2-4-16(13-15)22(27)25-19-9-7-18(8-10-19)24-21(26)14-28-20-11-5-17(23)6-12-20/h2-13H,14H2,1H3,(H,24,26)(H,25,27). The highest BCUT2D eigenvalue weighted by atomic mass is 35.5. The van der Waals surface area contributed by atoms with Gasteiger partial charge < -0.3 is 15.4 Å². The van der Waals surface area contributed by atoms with Crippen molar-refractivity contribution in [3.63, 3.8) is 0 Å². The summed E-state index contributed by atoms with van der Waals surface area (Å²) in [5.74, 6) is 0.0945. The van der Waals surface area contributed by atoms with Gasteiger partial charge in [-0.3, -0.25) is 9.59 Å². The summed E-state index contributed by atoms with van der Waals surface area (Å²) in [5, 5.41) is 6.17. The number of hydrogen-bond donors (Lipinski definition) is 2. The third-order valence-corrected chi connectivity index (χ3v) is 4.14. The third kappa shape index (κ3) is 5.59. The molecular weight excluding hydrogens is 376 g/mol. The summed E-state index contributed by atoms with van der Waals surface area (Å²) in [7, 11) is 0. The SMILES string of the molecule is Cc1cccc(C(=O)Nc2ccc(NC(=O)COc3ccc(Cl)cc3)cc2)c1. The lowest BCUT2D eigenvalue weighted by Crippen LogP contribution is -2.20. The molecule has 3 aromatic carbocycles. The van der Waals surface area contributed by atoms with Gasteiger partial charge in [0.05, 0.1) is 0 Å². The second kappa shape index (κ2) is 9.06. The largest absolute Gasteiger partial charge is 0.484 e. The van der Waals surface area contributed by atoms with Gasteiger partial charge >= 0.3 is 0 Å². The Labute approximate surface area is 168 Å². The van der Waals surface area contributed by atoms with Crippen LogP contribution < -0.4 is 15.4 Å². The van der Waals surface area contributed by atoms with Crippen molar-refractivity contribution < 1.29 is 14.3 Å². The Hall–Kier alpha value is -3.31. The van der Waals surface area contributed by atoms with E-state index in [1.165, 1.54) is 0 Å². The minimum absolute atomic E-state index is 0.118. The summed E-state index contributed by atoms with van der Waals surface area (Å²) < 4.78 is 5.40. The average Bonchev–Trinajstić information content (AvgIpc) is 2.69. The summed E-state index contributed by atoms with van der Waals surface area (Å²) in [4.78, 5) is 24.3. The lowest BCUT2D eigenvalue weighted by atomic mass is 10.1. The third-order valence-electron chi connectivity index (χ3n) is 3.89. The van der Waals surface area contributed by atoms with Crippen LogP contribution in [0.25, 0.3) is 0 Å². The lowest BCUT2D eigenvalue weighted by molar-refractivity contribution is -0.118. The van der Waals surface area contributed by atoms with Gasteiger partial charge in [-0.05, 0) is 67.6 Å². The van der Waals surface area contributed by atoms with Gasteiger partial charge in [0.25, 0.3) is 11.8 Å². The number of ether oxygens (including phenoxy) is 1. The number of anilines is 2. The normalized spacial score (nSPS) is 10.2. The zero-order valence-electron chi connectivity index (χ0n) is 15.2. The van der Waals surface area contributed by atoms with Crippen molar-refractivity contribution in [2.24, 2.45) is 0 Å². The predicted molar refractivity (Wildman–Crippen MR) is 111 cm³/mol. The van der Waals surface area contributed by atoms with Gasteiger partial charge in [-0.2, -0.15) is 0 Å². The number of carbonyl (C=O) groups excluding carboxylic acids is 2. The second-order valence-electron chi connectivity index (χ2n) is 6.19. The van der Waals surface area contributed by atoms with Gasteiger partial charge in [-0.1, -0.05) is 29.3 Å². The maximum absolute atomic E-state index is 12.3. The average molecular weight is 395 g/mol. The first-order valence-electron chi connectivity index (χ1n) is 8.66. The van der Waals surface area contributed by atoms with E-state index < -0.39 is 0 Å². The van der Waals surface area contributed by atoms with Crippen LogP contribution in [0.15, 0.2) is 72.8 Å². The quantitative estimate of drug-likeness (QED) is 0.623. The number of hydrogen-bond acceptors (Lipinski definition) is 3. The van der Waals surface area contributed by atoms with Crippen LogP contribution in [0.5, 0.6) is 5.75 Å². The van der Waals surface area contributed by atoms with E-state index in [4.69, 9.17) is 16.3 Å². The number of nitrogens with one attached hydrogen (secondary N) is 2. The van der Waals surface area contributed by atoms with Crippen molar-refractivity contribution >= 4 is 34.8 Å². The minimum atomic E-state index is -0.286. The molecule has 0 heterocycles. The van der Waals surface area contributed by atoms with Crippen molar-refractivity contribution in [2.75, 3.05) is 17.2 Å². The topological polar surface area (TPSA) is 67.4 Å². The second-order valence-corrected chi connectivity index (χ2v) is 6.63. The van der Waals surface area contributed by atoms with E-state index in [2.05, 4.69) is 10.6 Å². The zero-order chi connectivity index (χ0) is 19.9. The molecule has 3 rings (SSSR count). The molecule has 0 fully saturated rings. The fourth-order valence-corrected chi connectivity index (χ4v) is 2.63. The van der Waals surface area contributed by atoms with Crippen molar-refractivity contribution in [1.82, 2.24) is 0 Å². The molecule has 0 atom stereocenters. The highest BCUT2D eigenvalue weighted by Gasteiger charge is 2.07. The summed E-state index contributed by atoms with van der Waals surface area (Å²) in [6.07, 6.45) is 0. The lowest BCUT2D eigenvalue weighted by Gasteiger charge is -2.09. The molecule has 6 heteroatoms. The first kappa shape index (κ1) is 19.5. The fraction of sp³-hybridized carbons (Fsp3) is 0.0909. The zero-order valence-corrected chi connectivity index (χ0v) is 16.0. The van der Waals surface area contributed by atoms with Crippen LogP contribution in [0, 0.1) is 6.92 Å². The molecule has 0 radical (unpaired) electrons. The molecule has 0 aliphatic heterocycles. The number of amides is 2. The van der Waals surface area contributed by atoms with Gasteiger partial charge in [0.15, 0.2) is 6.61 Å². The Morgan fingerprint density at radius 2 is 1.54 bits per heavy atom. The number of carbonyl (C=O) groups is 2. The Kier molecular flexibility index (Phi) is 6.29. The van der Waals surface area contributed by atoms with E-state index in [-0.39, 0.29) is 18.4 Å². The van der Waals surface area contributed by atoms with Crippen LogP contribution in [-0.2, 0) is 4.79 Å². The van der Waals surface area contributed by atoms with Crippen LogP contribution in [0.1, 0.15) is 15.9 Å². The first-order chi connectivity index (χ1) is 13.5. The van der Waals surface area contributed by atoms with E-state index in [1.807, 2.05) is 25.1 Å². The fourth-order valence-electron chi connectivity index (χ4n) is 2.50. The molecule has 142 valence electrons. The molecule has 5 nitrogen and oxygen atoms in total. The monoisotopic (exact) mass is 394 g/mol. The van der Waals surface area contributed by atoms with Gasteiger partial charge in [-0.15, -0.1) is 0 Å². The van der Waals surface area contributed by atoms with E-state index >= 15 is 0 Å². The summed E-state index contributed by atoms with van der Waals surface area (Å²) in [6, 6.07) is 21.0. The van der Waals surface area contributed by atoms with Crippen molar-refractivity contribution in [3.8, 4) is 5.75 Å². The number of aryl methyl sites for hydroxylation is 1. The number of rotatable bonds is 6. The molecule has 28 heavy (non-hydrogen) atoms. The molecule has 2 N–H and O–H groups in total. The molecule has 0 saturated heterocycles. The number of halogens is 1. The highest BCUT2D eigenvalue weighted by Crippen LogP contribution is 2.17. The molecule has 0 bridgehead atoms. The van der Waals surface area contributed by atoms with Crippen molar-refractivity contribution in [3.05, 3.63) is 88.9 Å². The smallest absolute Gasteiger partial charge is 0.262 e. The minimum Gasteiger partial charge on any atom is -0.484 e. The molecule has 2 amide bonds. The summed E-state index contributed by atoms with van der Waals surface area (Å²) in [5.41, 5.74) is 2.86. The Morgan fingerprint density at radius 3 is 2.18 bits per heavy atom. The summed E-state index contributed by atoms with van der Waals surface area (Å²) >= 11 is 5.81. The van der Waals surface area contributed by atoms with Gasteiger partial charge in [0, 0.05) is 22.0 Å². The Bertz CT molecular complexity index is 970. The predicted octanol–water partition coefficient (Wildman–Crippen LogP) is 4.92. The molecule has 0 aliphatic carbocycles. The van der Waals surface area contributed by atoms with Crippen molar-refractivity contribution in [2.45, 2.75) is 6.92 Å². The number of benzene rings is 3. The molecule has 3 aromatic rings. The highest BCUT2D eigenvalue weighted by molar-refractivity contribution is 6.30. The van der Waals surface area contributed by atoms with Gasteiger partial charge in [0.1, 0.15) is 5.75 Å².